The molecule has 0 radical (unpaired) electrons. The molecular weight excluding hydrogens is 200 g/mol. The molecule has 0 aliphatic carbocycles. The smallest absolute Gasteiger partial charge is 0.317 e. The number of fused-ring (bicyclic) bond motifs is 1. The summed E-state index contributed by atoms with van der Waals surface area (Å²) in [6.07, 6.45) is 1.28. The summed E-state index contributed by atoms with van der Waals surface area (Å²) in [5, 5.41) is 9.32. The van der Waals surface area contributed by atoms with E-state index in [0.717, 1.165) is 0 Å². The third-order valence-corrected chi connectivity index (χ3v) is 1.76. The summed E-state index contributed by atoms with van der Waals surface area (Å²) in [5.74, 6) is 0.562. The van der Waals surface area contributed by atoms with E-state index in [2.05, 4.69) is 25.5 Å². The molecule has 0 saturated carbocycles. The number of hydrogen-bond acceptors (Lipinski definition) is 5. The number of amides is 2. The minimum absolute atomic E-state index is 0.262. The number of hydrogen-bond donors (Lipinski definition) is 3. The molecule has 4 N–H and O–H groups in total. The van der Waals surface area contributed by atoms with Gasteiger partial charge in [-0.1, -0.05) is 0 Å². The number of carbonyl (C=O) groups excluding carboxylic acids is 1. The first-order valence-corrected chi connectivity index (χ1v) is 4.02. The zero-order valence-corrected chi connectivity index (χ0v) is 7.81. The zero-order valence-electron chi connectivity index (χ0n) is 7.81. The molecule has 2 amide bonds. The van der Waals surface area contributed by atoms with Gasteiger partial charge in [0.15, 0.2) is 11.5 Å². The third kappa shape index (κ3) is 1.52. The van der Waals surface area contributed by atoms with Crippen LogP contribution in [-0.4, -0.2) is 33.3 Å². The molecule has 0 saturated heterocycles. The average molecular weight is 208 g/mol. The van der Waals surface area contributed by atoms with E-state index < -0.39 is 6.03 Å². The van der Waals surface area contributed by atoms with Crippen molar-refractivity contribution in [3.8, 4) is 5.88 Å². The first-order valence-electron chi connectivity index (χ1n) is 4.02. The number of nitrogens with one attached hydrogen (secondary N) is 2. The van der Waals surface area contributed by atoms with E-state index in [0.29, 0.717) is 16.9 Å². The minimum Gasteiger partial charge on any atom is -0.479 e. The molecule has 0 aliphatic rings. The molecule has 0 bridgehead atoms. The maximum atomic E-state index is 10.7. The molecule has 0 fully saturated rings. The number of nitrogens with zero attached hydrogens (tertiary/aromatic N) is 3. The Kier molecular flexibility index (Phi) is 2.08. The Morgan fingerprint density at radius 1 is 1.60 bits per heavy atom. The van der Waals surface area contributed by atoms with Crippen molar-refractivity contribution >= 4 is 22.9 Å². The summed E-state index contributed by atoms with van der Waals surface area (Å²) in [7, 11) is 1.46. The van der Waals surface area contributed by atoms with Crippen molar-refractivity contribution in [2.24, 2.45) is 5.73 Å². The monoisotopic (exact) mass is 208 g/mol. The van der Waals surface area contributed by atoms with Crippen LogP contribution in [0.3, 0.4) is 0 Å². The predicted octanol–water partition coefficient (Wildman–Crippen LogP) is -0.148. The lowest BCUT2D eigenvalue weighted by atomic mass is 10.4. The second-order valence-corrected chi connectivity index (χ2v) is 2.67. The number of H-pyrrole nitrogens is 1. The molecule has 15 heavy (non-hydrogen) atoms. The second-order valence-electron chi connectivity index (χ2n) is 2.67. The molecule has 0 aliphatic heterocycles. The molecule has 0 atom stereocenters. The molecule has 78 valence electrons. The molecule has 0 aromatic carbocycles. The Labute approximate surface area is 83.8 Å². The first-order chi connectivity index (χ1) is 7.22. The fraction of sp³-hybridized carbons (Fsp3) is 0.143. The standard InChI is InChI=1S/C7H8N6O2/c1-15-6-3-4(11-7(8)14)9-2-10-5(3)12-13-6/h2H,1H3,(H4,8,9,10,11,12,13,14). The summed E-state index contributed by atoms with van der Waals surface area (Å²) in [6, 6.07) is -0.710. The van der Waals surface area contributed by atoms with Crippen LogP contribution in [-0.2, 0) is 0 Å². The average Bonchev–Trinajstić information content (AvgIpc) is 2.61. The maximum Gasteiger partial charge on any atom is 0.317 e. The molecule has 8 nitrogen and oxygen atoms in total. The van der Waals surface area contributed by atoms with Crippen molar-refractivity contribution in [3.63, 3.8) is 0 Å². The fourth-order valence-corrected chi connectivity index (χ4v) is 1.19. The molecule has 0 spiro atoms. The number of primary amides is 1. The van der Waals surface area contributed by atoms with Gasteiger partial charge in [-0.2, -0.15) is 0 Å². The van der Waals surface area contributed by atoms with Crippen molar-refractivity contribution in [1.29, 1.82) is 0 Å². The van der Waals surface area contributed by atoms with Crippen LogP contribution in [0.1, 0.15) is 0 Å². The van der Waals surface area contributed by atoms with E-state index in [-0.39, 0.29) is 5.82 Å². The van der Waals surface area contributed by atoms with Gasteiger partial charge in [-0.05, 0) is 0 Å². The third-order valence-electron chi connectivity index (χ3n) is 1.76. The number of ether oxygens (including phenoxy) is 1. The van der Waals surface area contributed by atoms with Crippen molar-refractivity contribution < 1.29 is 9.53 Å². The van der Waals surface area contributed by atoms with Gasteiger partial charge >= 0.3 is 6.03 Å². The van der Waals surface area contributed by atoms with Crippen LogP contribution in [0.5, 0.6) is 5.88 Å². The number of urea groups is 1. The van der Waals surface area contributed by atoms with Crippen molar-refractivity contribution in [3.05, 3.63) is 6.33 Å². The Hall–Kier alpha value is -2.38. The largest absolute Gasteiger partial charge is 0.479 e. The lowest BCUT2D eigenvalue weighted by Crippen LogP contribution is -2.20. The molecule has 0 unspecified atom stereocenters. The van der Waals surface area contributed by atoms with Gasteiger partial charge in [-0.15, -0.1) is 5.10 Å². The van der Waals surface area contributed by atoms with Gasteiger partial charge in [-0.25, -0.2) is 14.8 Å². The Balaban J connectivity index is 2.61. The van der Waals surface area contributed by atoms with Crippen molar-refractivity contribution in [2.45, 2.75) is 0 Å². The minimum atomic E-state index is -0.710. The molecule has 2 heterocycles. The second kappa shape index (κ2) is 3.40. The van der Waals surface area contributed by atoms with Gasteiger partial charge < -0.3 is 10.5 Å². The van der Waals surface area contributed by atoms with E-state index >= 15 is 0 Å². The van der Waals surface area contributed by atoms with E-state index in [1.807, 2.05) is 0 Å². The SMILES string of the molecule is COc1n[nH]c2ncnc(NC(N)=O)c12. The van der Waals surface area contributed by atoms with Crippen LogP contribution in [0.15, 0.2) is 6.33 Å². The summed E-state index contributed by atoms with van der Waals surface area (Å²) in [4.78, 5) is 18.5. The van der Waals surface area contributed by atoms with Gasteiger partial charge in [-0.3, -0.25) is 10.4 Å². The van der Waals surface area contributed by atoms with Crippen molar-refractivity contribution in [2.75, 3.05) is 12.4 Å². The lowest BCUT2D eigenvalue weighted by Gasteiger charge is -2.01. The van der Waals surface area contributed by atoms with Gasteiger partial charge in [0.1, 0.15) is 11.7 Å². The topological polar surface area (TPSA) is 119 Å². The molecular formula is C7H8N6O2. The first kappa shape index (κ1) is 9.19. The van der Waals surface area contributed by atoms with Gasteiger partial charge in [0.25, 0.3) is 0 Å². The van der Waals surface area contributed by atoms with Crippen LogP contribution in [0.2, 0.25) is 0 Å². The summed E-state index contributed by atoms with van der Waals surface area (Å²) in [6.45, 7) is 0. The summed E-state index contributed by atoms with van der Waals surface area (Å²) < 4.78 is 4.98. The van der Waals surface area contributed by atoms with Crippen LogP contribution in [0.25, 0.3) is 11.0 Å². The zero-order chi connectivity index (χ0) is 10.8. The van der Waals surface area contributed by atoms with Crippen LogP contribution < -0.4 is 15.8 Å². The highest BCUT2D eigenvalue weighted by Crippen LogP contribution is 2.26. The highest BCUT2D eigenvalue weighted by Gasteiger charge is 2.13. The van der Waals surface area contributed by atoms with E-state index in [1.165, 1.54) is 13.4 Å². The molecule has 2 aromatic rings. The van der Waals surface area contributed by atoms with Crippen LogP contribution >= 0.6 is 0 Å². The molecule has 8 heteroatoms. The molecule has 2 aromatic heterocycles. The fourth-order valence-electron chi connectivity index (χ4n) is 1.19. The predicted molar refractivity (Wildman–Crippen MR) is 51.4 cm³/mol. The number of aromatic nitrogens is 4. The highest BCUT2D eigenvalue weighted by atomic mass is 16.5. The Bertz CT molecular complexity index is 507. The van der Waals surface area contributed by atoms with Crippen molar-refractivity contribution in [1.82, 2.24) is 20.2 Å². The number of carbonyl (C=O) groups is 1. The lowest BCUT2D eigenvalue weighted by molar-refractivity contribution is 0.259. The normalized spacial score (nSPS) is 10.2. The van der Waals surface area contributed by atoms with E-state index in [4.69, 9.17) is 10.5 Å². The maximum absolute atomic E-state index is 10.7. The number of methoxy groups -OCH3 is 1. The summed E-state index contributed by atoms with van der Waals surface area (Å²) >= 11 is 0. The number of rotatable bonds is 2. The van der Waals surface area contributed by atoms with Crippen LogP contribution in [0, 0.1) is 0 Å². The quantitative estimate of drug-likeness (QED) is 0.634. The number of aromatic amines is 1. The Morgan fingerprint density at radius 3 is 3.07 bits per heavy atom. The van der Waals surface area contributed by atoms with E-state index in [9.17, 15) is 4.79 Å². The van der Waals surface area contributed by atoms with E-state index in [1.54, 1.807) is 0 Å². The van der Waals surface area contributed by atoms with Gasteiger partial charge in [0, 0.05) is 0 Å². The number of nitrogens with two attached hydrogens (primary N) is 1. The highest BCUT2D eigenvalue weighted by molar-refractivity contribution is 5.99. The Morgan fingerprint density at radius 2 is 2.40 bits per heavy atom. The molecule has 2 rings (SSSR count). The van der Waals surface area contributed by atoms with Gasteiger partial charge in [0.05, 0.1) is 7.11 Å². The number of anilines is 1. The summed E-state index contributed by atoms with van der Waals surface area (Å²) in [5.41, 5.74) is 5.46. The van der Waals surface area contributed by atoms with Gasteiger partial charge in [0.2, 0.25) is 5.88 Å². The van der Waals surface area contributed by atoms with Crippen LogP contribution in [0.4, 0.5) is 10.6 Å².